The second-order valence-corrected chi connectivity index (χ2v) is 11.6. The van der Waals surface area contributed by atoms with Gasteiger partial charge in [-0.25, -0.2) is 4.98 Å². The Morgan fingerprint density at radius 1 is 0.422 bits per heavy atom. The maximum absolute atomic E-state index is 5.55. The summed E-state index contributed by atoms with van der Waals surface area (Å²) < 4.78 is 6.96. The quantitative estimate of drug-likeness (QED) is 0.206. The fourth-order valence-corrected chi connectivity index (χ4v) is 7.39. The molecule has 0 fully saturated rings. The standard InChI is InChI=1S/C41H26N4/c1-2-14-28(15-3-1)44-34-21-8-6-17-30(34)31-19-12-20-33(40(31)44)39-37-23-10-11-26-43(37)41(42-39)45-35-22-9-7-18-32(35)38-29-16-5-4-13-27(29)24-25-36(38)45/h1-26H. The van der Waals surface area contributed by atoms with Crippen molar-refractivity contribution < 1.29 is 0 Å². The van der Waals surface area contributed by atoms with Crippen LogP contribution in [0.2, 0.25) is 0 Å². The van der Waals surface area contributed by atoms with Gasteiger partial charge in [0.25, 0.3) is 0 Å². The number of rotatable bonds is 3. The third-order valence-corrected chi connectivity index (χ3v) is 9.26. The molecular weight excluding hydrogens is 548 g/mol. The number of hydrogen-bond acceptors (Lipinski definition) is 1. The number of pyridine rings is 1. The molecule has 10 aromatic rings. The predicted molar refractivity (Wildman–Crippen MR) is 187 cm³/mol. The van der Waals surface area contributed by atoms with Crippen molar-refractivity contribution in [1.82, 2.24) is 18.5 Å². The van der Waals surface area contributed by atoms with E-state index in [1.54, 1.807) is 0 Å². The Morgan fingerprint density at radius 2 is 1.09 bits per heavy atom. The highest BCUT2D eigenvalue weighted by molar-refractivity contribution is 6.21. The first-order valence-corrected chi connectivity index (χ1v) is 15.3. The van der Waals surface area contributed by atoms with E-state index in [1.165, 1.54) is 37.8 Å². The monoisotopic (exact) mass is 574 g/mol. The van der Waals surface area contributed by atoms with E-state index in [0.717, 1.165) is 45.0 Å². The molecule has 0 radical (unpaired) electrons. The van der Waals surface area contributed by atoms with Crippen LogP contribution < -0.4 is 0 Å². The first-order valence-electron chi connectivity index (χ1n) is 15.3. The molecule has 10 rings (SSSR count). The largest absolute Gasteiger partial charge is 0.309 e. The van der Waals surface area contributed by atoms with Gasteiger partial charge < -0.3 is 4.57 Å². The molecule has 0 aliphatic heterocycles. The Bertz CT molecular complexity index is 2760. The van der Waals surface area contributed by atoms with Crippen molar-refractivity contribution in [2.24, 2.45) is 0 Å². The highest BCUT2D eigenvalue weighted by Crippen LogP contribution is 2.41. The van der Waals surface area contributed by atoms with Crippen molar-refractivity contribution in [3.63, 3.8) is 0 Å². The summed E-state index contributed by atoms with van der Waals surface area (Å²) in [5, 5.41) is 7.42. The van der Waals surface area contributed by atoms with E-state index in [-0.39, 0.29) is 0 Å². The van der Waals surface area contributed by atoms with E-state index in [2.05, 4.69) is 171 Å². The lowest BCUT2D eigenvalue weighted by Gasteiger charge is -2.10. The maximum atomic E-state index is 5.55. The van der Waals surface area contributed by atoms with Crippen LogP contribution in [0.5, 0.6) is 0 Å². The van der Waals surface area contributed by atoms with E-state index in [4.69, 9.17) is 4.98 Å². The summed E-state index contributed by atoms with van der Waals surface area (Å²) in [4.78, 5) is 5.55. The van der Waals surface area contributed by atoms with Crippen molar-refractivity contribution in [1.29, 1.82) is 0 Å². The SMILES string of the molecule is c1ccc(-n2c3ccccc3c3cccc(-c4nc(-n5c6ccccc6c6c7ccccc7ccc65)n5ccccc45)c32)cc1. The third kappa shape index (κ3) is 3.34. The number of fused-ring (bicyclic) bond motifs is 9. The van der Waals surface area contributed by atoms with Gasteiger partial charge in [-0.15, -0.1) is 0 Å². The molecule has 45 heavy (non-hydrogen) atoms. The summed E-state index contributed by atoms with van der Waals surface area (Å²) in [5.41, 5.74) is 8.90. The van der Waals surface area contributed by atoms with Crippen molar-refractivity contribution in [2.45, 2.75) is 0 Å². The van der Waals surface area contributed by atoms with E-state index in [0.29, 0.717) is 0 Å². The van der Waals surface area contributed by atoms with Gasteiger partial charge in [-0.2, -0.15) is 0 Å². The average molecular weight is 575 g/mol. The fraction of sp³-hybridized carbons (Fsp3) is 0. The van der Waals surface area contributed by atoms with Crippen LogP contribution in [0.4, 0.5) is 0 Å². The summed E-state index contributed by atoms with van der Waals surface area (Å²) in [6, 6.07) is 54.2. The van der Waals surface area contributed by atoms with Gasteiger partial charge in [-0.3, -0.25) is 8.97 Å². The van der Waals surface area contributed by atoms with E-state index in [9.17, 15) is 0 Å². The van der Waals surface area contributed by atoms with Gasteiger partial charge in [0.1, 0.15) is 5.69 Å². The molecule has 6 aromatic carbocycles. The summed E-state index contributed by atoms with van der Waals surface area (Å²) in [7, 11) is 0. The van der Waals surface area contributed by atoms with E-state index >= 15 is 0 Å². The molecule has 0 bridgehead atoms. The topological polar surface area (TPSA) is 27.2 Å². The molecule has 0 saturated carbocycles. The Morgan fingerprint density at radius 3 is 1.96 bits per heavy atom. The molecule has 0 N–H and O–H groups in total. The van der Waals surface area contributed by atoms with Crippen LogP contribution in [0.25, 0.3) is 82.8 Å². The van der Waals surface area contributed by atoms with Gasteiger partial charge >= 0.3 is 0 Å². The Balaban J connectivity index is 1.34. The van der Waals surface area contributed by atoms with Crippen LogP contribution in [-0.2, 0) is 0 Å². The number of nitrogens with zero attached hydrogens (tertiary/aromatic N) is 4. The molecular formula is C41H26N4. The van der Waals surface area contributed by atoms with Gasteiger partial charge in [0.05, 0.1) is 27.6 Å². The van der Waals surface area contributed by atoms with Crippen molar-refractivity contribution >= 4 is 59.9 Å². The minimum absolute atomic E-state index is 0.876. The Kier molecular flexibility index (Phi) is 4.96. The highest BCUT2D eigenvalue weighted by atomic mass is 15.2. The van der Waals surface area contributed by atoms with Crippen LogP contribution >= 0.6 is 0 Å². The number of hydrogen-bond donors (Lipinski definition) is 0. The first-order chi connectivity index (χ1) is 22.4. The summed E-state index contributed by atoms with van der Waals surface area (Å²) >= 11 is 0. The summed E-state index contributed by atoms with van der Waals surface area (Å²) in [5.74, 6) is 0.876. The van der Waals surface area contributed by atoms with Gasteiger partial charge in [0, 0.05) is 39.0 Å². The van der Waals surface area contributed by atoms with Gasteiger partial charge in [-0.05, 0) is 53.2 Å². The maximum Gasteiger partial charge on any atom is 0.220 e. The van der Waals surface area contributed by atoms with Gasteiger partial charge in [0.15, 0.2) is 0 Å². The Labute approximate surface area is 258 Å². The third-order valence-electron chi connectivity index (χ3n) is 9.26. The molecule has 0 aliphatic rings. The number of benzene rings is 6. The number of aromatic nitrogens is 4. The van der Waals surface area contributed by atoms with Crippen molar-refractivity contribution in [3.8, 4) is 22.9 Å². The molecule has 210 valence electrons. The number of imidazole rings is 1. The lowest BCUT2D eigenvalue weighted by Crippen LogP contribution is -2.00. The lowest BCUT2D eigenvalue weighted by molar-refractivity contribution is 0.984. The highest BCUT2D eigenvalue weighted by Gasteiger charge is 2.23. The second kappa shape index (κ2) is 9.18. The molecule has 4 heterocycles. The van der Waals surface area contributed by atoms with Crippen LogP contribution in [0, 0.1) is 0 Å². The molecule has 0 amide bonds. The first kappa shape index (κ1) is 24.3. The molecule has 4 heteroatoms. The normalized spacial score (nSPS) is 12.0. The predicted octanol–water partition coefficient (Wildman–Crippen LogP) is 10.3. The van der Waals surface area contributed by atoms with Gasteiger partial charge in [-0.1, -0.05) is 109 Å². The zero-order chi connectivity index (χ0) is 29.5. The molecule has 0 atom stereocenters. The van der Waals surface area contributed by atoms with Gasteiger partial charge in [0.2, 0.25) is 5.95 Å². The molecule has 0 spiro atoms. The Hall–Kier alpha value is -6.13. The van der Waals surface area contributed by atoms with E-state index in [1.807, 2.05) is 0 Å². The minimum Gasteiger partial charge on any atom is -0.309 e. The summed E-state index contributed by atoms with van der Waals surface area (Å²) in [6.07, 6.45) is 2.13. The zero-order valence-electron chi connectivity index (χ0n) is 24.3. The number of para-hydroxylation sites is 4. The zero-order valence-corrected chi connectivity index (χ0v) is 24.3. The van der Waals surface area contributed by atoms with Crippen molar-refractivity contribution in [3.05, 3.63) is 158 Å². The fourth-order valence-electron chi connectivity index (χ4n) is 7.39. The van der Waals surface area contributed by atoms with E-state index < -0.39 is 0 Å². The van der Waals surface area contributed by atoms with Crippen LogP contribution in [0.1, 0.15) is 0 Å². The molecule has 4 aromatic heterocycles. The molecule has 4 nitrogen and oxygen atoms in total. The average Bonchev–Trinajstić information content (AvgIpc) is 3.76. The van der Waals surface area contributed by atoms with Crippen LogP contribution in [0.15, 0.2) is 158 Å². The molecule has 0 unspecified atom stereocenters. The molecule has 0 aliphatic carbocycles. The molecule has 0 saturated heterocycles. The summed E-state index contributed by atoms with van der Waals surface area (Å²) in [6.45, 7) is 0. The van der Waals surface area contributed by atoms with Crippen LogP contribution in [0.3, 0.4) is 0 Å². The lowest BCUT2D eigenvalue weighted by atomic mass is 10.0. The van der Waals surface area contributed by atoms with Crippen molar-refractivity contribution in [2.75, 3.05) is 0 Å². The minimum atomic E-state index is 0.876. The smallest absolute Gasteiger partial charge is 0.220 e. The van der Waals surface area contributed by atoms with Crippen LogP contribution in [-0.4, -0.2) is 18.5 Å². The second-order valence-electron chi connectivity index (χ2n) is 11.6.